The largest absolute Gasteiger partial charge is 0.380 e. The molecular weight excluding hydrogens is 140 g/mol. The minimum Gasteiger partial charge on any atom is -0.380 e. The number of nitrogens with two attached hydrogens (primary N) is 1. The highest BCUT2D eigenvalue weighted by atomic mass is 15.3. The standard InChI is InChI=1S/C7H12N4/c1-4-9-6-5(2)11(3)10-7(6)8/h4H,1-3H3,(H2,8,10)/b9-4-. The molecule has 4 nitrogen and oxygen atoms in total. The van der Waals surface area contributed by atoms with E-state index in [0.717, 1.165) is 11.4 Å². The summed E-state index contributed by atoms with van der Waals surface area (Å²) < 4.78 is 1.72. The molecule has 0 saturated heterocycles. The van der Waals surface area contributed by atoms with Gasteiger partial charge >= 0.3 is 0 Å². The van der Waals surface area contributed by atoms with E-state index >= 15 is 0 Å². The molecule has 60 valence electrons. The maximum atomic E-state index is 5.58. The van der Waals surface area contributed by atoms with Gasteiger partial charge in [-0.25, -0.2) is 0 Å². The van der Waals surface area contributed by atoms with Gasteiger partial charge < -0.3 is 5.73 Å². The van der Waals surface area contributed by atoms with E-state index < -0.39 is 0 Å². The summed E-state index contributed by atoms with van der Waals surface area (Å²) in [5.41, 5.74) is 7.34. The molecule has 0 aliphatic heterocycles. The second-order valence-electron chi connectivity index (χ2n) is 2.33. The van der Waals surface area contributed by atoms with Gasteiger partial charge in [-0.05, 0) is 13.8 Å². The molecular formula is C7H12N4. The molecule has 1 aromatic rings. The zero-order chi connectivity index (χ0) is 8.43. The van der Waals surface area contributed by atoms with E-state index in [0.29, 0.717) is 5.82 Å². The number of hydrogen-bond donors (Lipinski definition) is 1. The third-order valence-corrected chi connectivity index (χ3v) is 1.59. The van der Waals surface area contributed by atoms with E-state index in [1.54, 1.807) is 10.9 Å². The average molecular weight is 152 g/mol. The summed E-state index contributed by atoms with van der Waals surface area (Å²) in [6.07, 6.45) is 1.71. The second kappa shape index (κ2) is 2.74. The molecule has 2 N–H and O–H groups in total. The third kappa shape index (κ3) is 1.24. The van der Waals surface area contributed by atoms with Crippen molar-refractivity contribution in [3.63, 3.8) is 0 Å². The number of anilines is 1. The predicted molar refractivity (Wildman–Crippen MR) is 46.2 cm³/mol. The van der Waals surface area contributed by atoms with E-state index in [1.165, 1.54) is 0 Å². The van der Waals surface area contributed by atoms with Crippen LogP contribution in [0.15, 0.2) is 4.99 Å². The Morgan fingerprint density at radius 3 is 2.64 bits per heavy atom. The number of hydrogen-bond acceptors (Lipinski definition) is 3. The van der Waals surface area contributed by atoms with Crippen LogP contribution in [-0.2, 0) is 7.05 Å². The monoisotopic (exact) mass is 152 g/mol. The third-order valence-electron chi connectivity index (χ3n) is 1.59. The number of nitrogen functional groups attached to an aromatic ring is 1. The fraction of sp³-hybridized carbons (Fsp3) is 0.429. The van der Waals surface area contributed by atoms with Gasteiger partial charge in [0.25, 0.3) is 0 Å². The van der Waals surface area contributed by atoms with E-state index in [-0.39, 0.29) is 0 Å². The van der Waals surface area contributed by atoms with E-state index in [1.807, 2.05) is 20.9 Å². The number of rotatable bonds is 1. The van der Waals surface area contributed by atoms with Crippen molar-refractivity contribution in [1.29, 1.82) is 0 Å². The van der Waals surface area contributed by atoms with Gasteiger partial charge in [0.15, 0.2) is 5.82 Å². The zero-order valence-corrected chi connectivity index (χ0v) is 7.00. The summed E-state index contributed by atoms with van der Waals surface area (Å²) in [5.74, 6) is 0.489. The van der Waals surface area contributed by atoms with Crippen LogP contribution in [0.2, 0.25) is 0 Å². The van der Waals surface area contributed by atoms with Crippen LogP contribution in [0.25, 0.3) is 0 Å². The highest BCUT2D eigenvalue weighted by Crippen LogP contribution is 2.23. The maximum Gasteiger partial charge on any atom is 0.171 e. The lowest BCUT2D eigenvalue weighted by molar-refractivity contribution is 0.744. The first-order valence-corrected chi connectivity index (χ1v) is 3.44. The second-order valence-corrected chi connectivity index (χ2v) is 2.33. The van der Waals surface area contributed by atoms with Crippen LogP contribution in [0.5, 0.6) is 0 Å². The smallest absolute Gasteiger partial charge is 0.171 e. The minimum atomic E-state index is 0.489. The molecule has 1 heterocycles. The fourth-order valence-electron chi connectivity index (χ4n) is 0.911. The molecule has 0 fully saturated rings. The van der Waals surface area contributed by atoms with E-state index in [9.17, 15) is 0 Å². The molecule has 4 heteroatoms. The summed E-state index contributed by atoms with van der Waals surface area (Å²) in [6, 6.07) is 0. The molecule has 0 spiro atoms. The Morgan fingerprint density at radius 1 is 1.64 bits per heavy atom. The summed E-state index contributed by atoms with van der Waals surface area (Å²) in [7, 11) is 1.85. The first-order valence-electron chi connectivity index (χ1n) is 3.44. The first kappa shape index (κ1) is 7.78. The Morgan fingerprint density at radius 2 is 2.27 bits per heavy atom. The van der Waals surface area contributed by atoms with E-state index in [2.05, 4.69) is 10.1 Å². The molecule has 1 rings (SSSR count). The van der Waals surface area contributed by atoms with Crippen molar-refractivity contribution in [1.82, 2.24) is 9.78 Å². The van der Waals surface area contributed by atoms with Crippen molar-refractivity contribution in [3.05, 3.63) is 5.69 Å². The van der Waals surface area contributed by atoms with E-state index in [4.69, 9.17) is 5.73 Å². The minimum absolute atomic E-state index is 0.489. The van der Waals surface area contributed by atoms with Crippen LogP contribution < -0.4 is 5.73 Å². The summed E-state index contributed by atoms with van der Waals surface area (Å²) >= 11 is 0. The molecule has 0 aromatic carbocycles. The molecule has 0 saturated carbocycles. The highest BCUT2D eigenvalue weighted by molar-refractivity contribution is 5.69. The average Bonchev–Trinajstić information content (AvgIpc) is 2.17. The molecule has 0 aliphatic carbocycles. The lowest BCUT2D eigenvalue weighted by Gasteiger charge is -1.91. The predicted octanol–water partition coefficient (Wildman–Crippen LogP) is 1.03. The number of nitrogens with zero attached hydrogens (tertiary/aromatic N) is 3. The Hall–Kier alpha value is -1.32. The van der Waals surface area contributed by atoms with Crippen molar-refractivity contribution in [2.75, 3.05) is 5.73 Å². The Balaban J connectivity index is 3.22. The SMILES string of the molecule is C/C=N\c1c(N)nn(C)c1C. The topological polar surface area (TPSA) is 56.2 Å². The lowest BCUT2D eigenvalue weighted by atomic mass is 10.4. The van der Waals surface area contributed by atoms with Crippen LogP contribution >= 0.6 is 0 Å². The molecule has 1 aromatic heterocycles. The van der Waals surface area contributed by atoms with Gasteiger partial charge in [-0.3, -0.25) is 9.67 Å². The molecule has 0 atom stereocenters. The van der Waals surface area contributed by atoms with Crippen LogP contribution in [0, 0.1) is 6.92 Å². The molecule has 0 bridgehead atoms. The highest BCUT2D eigenvalue weighted by Gasteiger charge is 2.06. The molecule has 0 radical (unpaired) electrons. The first-order chi connectivity index (χ1) is 5.16. The molecule has 0 amide bonds. The summed E-state index contributed by atoms with van der Waals surface area (Å²) in [4.78, 5) is 4.09. The lowest BCUT2D eigenvalue weighted by Crippen LogP contribution is -1.93. The van der Waals surface area contributed by atoms with Gasteiger partial charge in [-0.15, -0.1) is 0 Å². The fourth-order valence-corrected chi connectivity index (χ4v) is 0.911. The van der Waals surface area contributed by atoms with Crippen LogP contribution in [0.4, 0.5) is 11.5 Å². The van der Waals surface area contributed by atoms with Gasteiger partial charge in [-0.2, -0.15) is 5.10 Å². The van der Waals surface area contributed by atoms with Crippen molar-refractivity contribution in [2.24, 2.45) is 12.0 Å². The van der Waals surface area contributed by atoms with Crippen molar-refractivity contribution >= 4 is 17.7 Å². The van der Waals surface area contributed by atoms with Crippen LogP contribution in [-0.4, -0.2) is 16.0 Å². The van der Waals surface area contributed by atoms with Gasteiger partial charge in [0.05, 0.1) is 5.69 Å². The normalized spacial score (nSPS) is 11.2. The Bertz CT molecular complexity index is 285. The van der Waals surface area contributed by atoms with Crippen molar-refractivity contribution in [2.45, 2.75) is 13.8 Å². The molecule has 0 unspecified atom stereocenters. The number of aliphatic imine (C=N–C) groups is 1. The van der Waals surface area contributed by atoms with Gasteiger partial charge in [-0.1, -0.05) is 0 Å². The van der Waals surface area contributed by atoms with Gasteiger partial charge in [0.2, 0.25) is 0 Å². The molecule has 0 aliphatic rings. The summed E-state index contributed by atoms with van der Waals surface area (Å²) in [6.45, 7) is 3.79. The van der Waals surface area contributed by atoms with Crippen molar-refractivity contribution in [3.8, 4) is 0 Å². The molecule has 11 heavy (non-hydrogen) atoms. The van der Waals surface area contributed by atoms with Crippen LogP contribution in [0.1, 0.15) is 12.6 Å². The van der Waals surface area contributed by atoms with Gasteiger partial charge in [0, 0.05) is 13.3 Å². The Labute approximate surface area is 65.7 Å². The maximum absolute atomic E-state index is 5.58. The summed E-state index contributed by atoms with van der Waals surface area (Å²) in [5, 5.41) is 4.01. The van der Waals surface area contributed by atoms with Crippen LogP contribution in [0.3, 0.4) is 0 Å². The van der Waals surface area contributed by atoms with Crippen molar-refractivity contribution < 1.29 is 0 Å². The number of aryl methyl sites for hydroxylation is 1. The number of aromatic nitrogens is 2. The zero-order valence-electron chi connectivity index (χ0n) is 7.00. The van der Waals surface area contributed by atoms with Gasteiger partial charge in [0.1, 0.15) is 5.69 Å². The Kier molecular flexibility index (Phi) is 1.94. The quantitative estimate of drug-likeness (QED) is 0.611.